The highest BCUT2D eigenvalue weighted by Crippen LogP contribution is 2.30. The molecule has 2 fully saturated rings. The lowest BCUT2D eigenvalue weighted by atomic mass is 9.90. The minimum atomic E-state index is -3.37. The predicted octanol–water partition coefficient (Wildman–Crippen LogP) is 4.84. The molecule has 0 aromatic heterocycles. The highest BCUT2D eigenvalue weighted by atomic mass is 32.2. The first-order chi connectivity index (χ1) is 19.6. The normalized spacial score (nSPS) is 19.2. The van der Waals surface area contributed by atoms with Gasteiger partial charge in [-0.15, -0.1) is 0 Å². The van der Waals surface area contributed by atoms with Crippen LogP contribution in [0.1, 0.15) is 72.9 Å². The Kier molecular flexibility index (Phi) is 11.0. The summed E-state index contributed by atoms with van der Waals surface area (Å²) >= 11 is 0. The molecule has 2 atom stereocenters. The molecule has 41 heavy (non-hydrogen) atoms. The number of nitrogens with zero attached hydrogens (tertiary/aromatic N) is 1. The predicted molar refractivity (Wildman–Crippen MR) is 161 cm³/mol. The maximum Gasteiger partial charge on any atom is 0.326 e. The zero-order valence-corrected chi connectivity index (χ0v) is 25.1. The van der Waals surface area contributed by atoms with Crippen LogP contribution in [0.4, 0.5) is 0 Å². The topological polar surface area (TPSA) is 113 Å². The number of hydrogen-bond acceptors (Lipinski definition) is 6. The van der Waals surface area contributed by atoms with Crippen LogP contribution in [0.3, 0.4) is 0 Å². The van der Waals surface area contributed by atoms with Gasteiger partial charge in [0, 0.05) is 31.0 Å². The fourth-order valence-corrected chi connectivity index (χ4v) is 6.73. The minimum Gasteiger partial charge on any atom is -0.480 e. The summed E-state index contributed by atoms with van der Waals surface area (Å²) in [6.45, 7) is 5.32. The molecule has 224 valence electrons. The van der Waals surface area contributed by atoms with Crippen molar-refractivity contribution in [2.45, 2.75) is 76.9 Å². The smallest absolute Gasteiger partial charge is 0.326 e. The van der Waals surface area contributed by atoms with Crippen LogP contribution in [-0.4, -0.2) is 74.2 Å². The Morgan fingerprint density at radius 3 is 2.49 bits per heavy atom. The third-order valence-corrected chi connectivity index (χ3v) is 9.40. The summed E-state index contributed by atoms with van der Waals surface area (Å²) in [4.78, 5) is 27.7. The van der Waals surface area contributed by atoms with Gasteiger partial charge in [-0.1, -0.05) is 49.6 Å². The molecule has 9 heteroatoms. The molecule has 1 saturated heterocycles. The fourth-order valence-electron chi connectivity index (χ4n) is 6.06. The average molecular weight is 585 g/mol. The molecule has 8 nitrogen and oxygen atoms in total. The van der Waals surface area contributed by atoms with Crippen molar-refractivity contribution < 1.29 is 27.9 Å². The zero-order chi connectivity index (χ0) is 29.4. The van der Waals surface area contributed by atoms with Crippen LogP contribution in [-0.2, 0) is 25.9 Å². The summed E-state index contributed by atoms with van der Waals surface area (Å²) in [5.74, 6) is -1.43. The van der Waals surface area contributed by atoms with Crippen LogP contribution in [0, 0.1) is 12.8 Å². The van der Waals surface area contributed by atoms with Gasteiger partial charge in [-0.25, -0.2) is 13.2 Å². The number of carbonyl (C=O) groups is 2. The molecule has 2 N–H and O–H groups in total. The van der Waals surface area contributed by atoms with Crippen molar-refractivity contribution in [2.75, 3.05) is 31.8 Å². The average Bonchev–Trinajstić information content (AvgIpc) is 3.37. The number of carboxylic acids is 1. The van der Waals surface area contributed by atoms with E-state index >= 15 is 0 Å². The first kappa shape index (κ1) is 31.2. The van der Waals surface area contributed by atoms with Crippen molar-refractivity contribution >= 4 is 21.7 Å². The van der Waals surface area contributed by atoms with Gasteiger partial charge in [0.1, 0.15) is 15.9 Å². The van der Waals surface area contributed by atoms with Gasteiger partial charge in [0.15, 0.2) is 0 Å². The Hall–Kier alpha value is -2.75. The van der Waals surface area contributed by atoms with Gasteiger partial charge < -0.3 is 15.2 Å². The summed E-state index contributed by atoms with van der Waals surface area (Å²) in [6.07, 6.45) is 9.64. The Balaban J connectivity index is 1.50. The number of carbonyl (C=O) groups excluding carboxylic acids is 1. The number of likely N-dealkylation sites (tertiary alicyclic amines) is 1. The fraction of sp³-hybridized carbons (Fsp3) is 0.562. The van der Waals surface area contributed by atoms with Crippen LogP contribution in [0.5, 0.6) is 0 Å². The van der Waals surface area contributed by atoms with E-state index in [0.717, 1.165) is 67.7 Å². The van der Waals surface area contributed by atoms with Crippen LogP contribution in [0.2, 0.25) is 0 Å². The second-order valence-electron chi connectivity index (χ2n) is 11.8. The largest absolute Gasteiger partial charge is 0.480 e. The van der Waals surface area contributed by atoms with E-state index < -0.39 is 27.8 Å². The van der Waals surface area contributed by atoms with Gasteiger partial charge in [-0.2, -0.15) is 0 Å². The first-order valence-corrected chi connectivity index (χ1v) is 16.9. The van der Waals surface area contributed by atoms with Crippen LogP contribution < -0.4 is 5.32 Å². The summed E-state index contributed by atoms with van der Waals surface area (Å²) in [5.41, 5.74) is 4.07. The van der Waals surface area contributed by atoms with E-state index in [2.05, 4.69) is 10.2 Å². The van der Waals surface area contributed by atoms with Crippen LogP contribution in [0.15, 0.2) is 42.5 Å². The number of amides is 1. The molecule has 0 spiro atoms. The molecule has 4 rings (SSSR count). The summed E-state index contributed by atoms with van der Waals surface area (Å²) in [5, 5.41) is 12.2. The number of benzene rings is 2. The van der Waals surface area contributed by atoms with E-state index in [0.29, 0.717) is 17.5 Å². The van der Waals surface area contributed by atoms with Gasteiger partial charge in [-0.05, 0) is 85.9 Å². The second kappa shape index (κ2) is 14.4. The van der Waals surface area contributed by atoms with Crippen molar-refractivity contribution in [2.24, 2.45) is 5.92 Å². The molecule has 0 bridgehead atoms. The lowest BCUT2D eigenvalue weighted by molar-refractivity contribution is -0.139. The monoisotopic (exact) mass is 584 g/mol. The van der Waals surface area contributed by atoms with Crippen molar-refractivity contribution in [1.29, 1.82) is 0 Å². The molecule has 1 aliphatic heterocycles. The standard InChI is InChI=1S/C32H44N2O6S/c1-23-9-6-7-13-27(23)29-19-25(14-15-28(29)31(35)33-30(32(36)37)16-18-41(2,38)39)20-34-17-8-12-26(34)22-40-21-24-10-4-3-5-11-24/h6-7,9,13-15,19,24,26,30H,3-5,8,10-12,16-18,20-22H2,1-2H3,(H,33,35)(H,36,37). The summed E-state index contributed by atoms with van der Waals surface area (Å²) < 4.78 is 29.4. The van der Waals surface area contributed by atoms with E-state index in [1.807, 2.05) is 43.3 Å². The Morgan fingerprint density at radius 2 is 1.78 bits per heavy atom. The summed E-state index contributed by atoms with van der Waals surface area (Å²) in [6, 6.07) is 12.6. The zero-order valence-electron chi connectivity index (χ0n) is 24.3. The van der Waals surface area contributed by atoms with Gasteiger partial charge >= 0.3 is 5.97 Å². The van der Waals surface area contributed by atoms with E-state index in [1.54, 1.807) is 6.07 Å². The van der Waals surface area contributed by atoms with Crippen LogP contribution >= 0.6 is 0 Å². The highest BCUT2D eigenvalue weighted by molar-refractivity contribution is 7.90. The number of hydrogen-bond donors (Lipinski definition) is 2. The van der Waals surface area contributed by atoms with Gasteiger partial charge in [0.2, 0.25) is 0 Å². The number of rotatable bonds is 13. The second-order valence-corrected chi connectivity index (χ2v) is 14.0. The SMILES string of the molecule is Cc1ccccc1-c1cc(CN2CCCC2COCC2CCCCC2)ccc1C(=O)NC(CCS(C)(=O)=O)C(=O)O. The molecule has 2 aromatic carbocycles. The Labute approximate surface area is 244 Å². The first-order valence-electron chi connectivity index (χ1n) is 14.8. The molecule has 1 saturated carbocycles. The quantitative estimate of drug-likeness (QED) is 0.346. The number of nitrogens with one attached hydrogen (secondary N) is 1. The summed E-state index contributed by atoms with van der Waals surface area (Å²) in [7, 11) is -3.37. The molecule has 2 unspecified atom stereocenters. The maximum absolute atomic E-state index is 13.4. The van der Waals surface area contributed by atoms with Gasteiger partial charge in [0.25, 0.3) is 5.91 Å². The Morgan fingerprint density at radius 1 is 1.02 bits per heavy atom. The molecular weight excluding hydrogens is 540 g/mol. The number of carboxylic acid groups (broad SMARTS) is 1. The maximum atomic E-state index is 13.4. The highest BCUT2D eigenvalue weighted by Gasteiger charge is 2.27. The van der Waals surface area contributed by atoms with Crippen molar-refractivity contribution in [1.82, 2.24) is 10.2 Å². The van der Waals surface area contributed by atoms with Gasteiger partial charge in [0.05, 0.1) is 12.4 Å². The molecule has 1 amide bonds. The minimum absolute atomic E-state index is 0.198. The van der Waals surface area contributed by atoms with E-state index in [9.17, 15) is 23.1 Å². The van der Waals surface area contributed by atoms with Crippen molar-refractivity contribution in [3.8, 4) is 11.1 Å². The van der Waals surface area contributed by atoms with E-state index in [-0.39, 0.29) is 12.2 Å². The Bertz CT molecular complexity index is 1310. The molecule has 1 heterocycles. The molecule has 1 aliphatic carbocycles. The van der Waals surface area contributed by atoms with Gasteiger partial charge in [-0.3, -0.25) is 9.69 Å². The van der Waals surface area contributed by atoms with Crippen molar-refractivity contribution in [3.05, 3.63) is 59.2 Å². The lowest BCUT2D eigenvalue weighted by Gasteiger charge is -2.27. The number of aliphatic carboxylic acids is 1. The number of ether oxygens (including phenoxy) is 1. The van der Waals surface area contributed by atoms with Crippen LogP contribution in [0.25, 0.3) is 11.1 Å². The molecule has 2 aliphatic rings. The third-order valence-electron chi connectivity index (χ3n) is 8.42. The van der Waals surface area contributed by atoms with Crippen molar-refractivity contribution in [3.63, 3.8) is 0 Å². The molecular formula is C32H44N2O6S. The molecule has 0 radical (unpaired) electrons. The van der Waals surface area contributed by atoms with E-state index in [4.69, 9.17) is 4.74 Å². The van der Waals surface area contributed by atoms with E-state index in [1.165, 1.54) is 32.1 Å². The number of aryl methyl sites for hydroxylation is 1. The third kappa shape index (κ3) is 9.12. The lowest BCUT2D eigenvalue weighted by Crippen LogP contribution is -2.42. The molecule has 2 aromatic rings. The number of sulfone groups is 1.